The predicted octanol–water partition coefficient (Wildman–Crippen LogP) is 0.0794. The van der Waals surface area contributed by atoms with Crippen LogP contribution in [0, 0.1) is 5.92 Å². The van der Waals surface area contributed by atoms with Crippen molar-refractivity contribution < 1.29 is 14.3 Å². The van der Waals surface area contributed by atoms with Gasteiger partial charge < -0.3 is 15.2 Å². The van der Waals surface area contributed by atoms with Gasteiger partial charge in [0.15, 0.2) is 0 Å². The van der Waals surface area contributed by atoms with Crippen LogP contribution >= 0.6 is 0 Å². The summed E-state index contributed by atoms with van der Waals surface area (Å²) in [7, 11) is 1.57. The molecule has 0 unspecified atom stereocenters. The quantitative estimate of drug-likeness (QED) is 0.383. The van der Waals surface area contributed by atoms with Gasteiger partial charge in [-0.2, -0.15) is 0 Å². The van der Waals surface area contributed by atoms with Crippen LogP contribution in [0.3, 0.4) is 0 Å². The third-order valence-corrected chi connectivity index (χ3v) is 1.95. The molecule has 0 aliphatic heterocycles. The molecule has 1 aliphatic carbocycles. The van der Waals surface area contributed by atoms with Crippen LogP contribution in [0.15, 0.2) is 12.2 Å². The molecule has 0 saturated heterocycles. The number of carbonyl (C=O) groups is 1. The zero-order valence-corrected chi connectivity index (χ0v) is 7.73. The van der Waals surface area contributed by atoms with Crippen molar-refractivity contribution in [1.29, 1.82) is 0 Å². The molecular formula is C9H15NO3. The van der Waals surface area contributed by atoms with E-state index in [0.717, 1.165) is 0 Å². The second-order valence-corrected chi connectivity index (χ2v) is 3.05. The number of ether oxygens (including phenoxy) is 2. The van der Waals surface area contributed by atoms with Crippen LogP contribution < -0.4 is 5.73 Å². The fraction of sp³-hybridized carbons (Fsp3) is 0.667. The van der Waals surface area contributed by atoms with E-state index in [2.05, 4.69) is 0 Å². The summed E-state index contributed by atoms with van der Waals surface area (Å²) in [5.41, 5.74) is 5.60. The van der Waals surface area contributed by atoms with Gasteiger partial charge in [-0.15, -0.1) is 0 Å². The van der Waals surface area contributed by atoms with E-state index in [-0.39, 0.29) is 17.9 Å². The maximum absolute atomic E-state index is 11.3. The largest absolute Gasteiger partial charge is 0.463 e. The number of hydrogen-bond acceptors (Lipinski definition) is 4. The van der Waals surface area contributed by atoms with Gasteiger partial charge in [0.1, 0.15) is 6.61 Å². The summed E-state index contributed by atoms with van der Waals surface area (Å²) < 4.78 is 9.70. The van der Waals surface area contributed by atoms with E-state index >= 15 is 0 Å². The van der Waals surface area contributed by atoms with E-state index in [4.69, 9.17) is 15.2 Å². The van der Waals surface area contributed by atoms with Crippen molar-refractivity contribution in [2.45, 2.75) is 12.5 Å². The zero-order valence-electron chi connectivity index (χ0n) is 7.73. The summed E-state index contributed by atoms with van der Waals surface area (Å²) in [5, 5.41) is 0. The first-order valence-corrected chi connectivity index (χ1v) is 4.33. The Morgan fingerprint density at radius 3 is 2.85 bits per heavy atom. The standard InChI is InChI=1S/C9H15NO3/c1-12-4-5-13-9(11)7-2-3-8(10)6-7/h2-3,7-8H,4-6,10H2,1H3/t7-,8+/m1/s1. The lowest BCUT2D eigenvalue weighted by Crippen LogP contribution is -2.21. The van der Waals surface area contributed by atoms with Gasteiger partial charge in [0.2, 0.25) is 0 Å². The van der Waals surface area contributed by atoms with Gasteiger partial charge in [0.05, 0.1) is 12.5 Å². The van der Waals surface area contributed by atoms with E-state index < -0.39 is 0 Å². The lowest BCUT2D eigenvalue weighted by molar-refractivity contribution is -0.148. The van der Waals surface area contributed by atoms with E-state index in [1.54, 1.807) is 13.2 Å². The highest BCUT2D eigenvalue weighted by Gasteiger charge is 2.23. The summed E-state index contributed by atoms with van der Waals surface area (Å²) in [5.74, 6) is -0.367. The summed E-state index contributed by atoms with van der Waals surface area (Å²) in [6, 6.07) is -0.0000230. The first kappa shape index (κ1) is 10.2. The predicted molar refractivity (Wildman–Crippen MR) is 48.1 cm³/mol. The molecule has 0 amide bonds. The molecular weight excluding hydrogens is 170 g/mol. The Morgan fingerprint density at radius 1 is 1.54 bits per heavy atom. The maximum atomic E-state index is 11.3. The molecule has 1 rings (SSSR count). The molecule has 1 aliphatic rings. The molecule has 0 aromatic carbocycles. The van der Waals surface area contributed by atoms with Crippen LogP contribution in [0.4, 0.5) is 0 Å². The average molecular weight is 185 g/mol. The molecule has 0 spiro atoms. The molecule has 0 bridgehead atoms. The molecule has 13 heavy (non-hydrogen) atoms. The first-order chi connectivity index (χ1) is 6.24. The summed E-state index contributed by atoms with van der Waals surface area (Å²) in [6.45, 7) is 0.753. The highest BCUT2D eigenvalue weighted by Crippen LogP contribution is 2.17. The number of esters is 1. The number of carbonyl (C=O) groups excluding carboxylic acids is 1. The highest BCUT2D eigenvalue weighted by molar-refractivity contribution is 5.75. The van der Waals surface area contributed by atoms with Gasteiger partial charge in [0, 0.05) is 13.2 Å². The van der Waals surface area contributed by atoms with Crippen molar-refractivity contribution in [3.05, 3.63) is 12.2 Å². The van der Waals surface area contributed by atoms with E-state index in [9.17, 15) is 4.79 Å². The van der Waals surface area contributed by atoms with Gasteiger partial charge >= 0.3 is 5.97 Å². The Morgan fingerprint density at radius 2 is 2.31 bits per heavy atom. The normalized spacial score (nSPS) is 26.3. The molecule has 0 fully saturated rings. The minimum absolute atomic E-state index is 0.0000230. The van der Waals surface area contributed by atoms with Crippen molar-refractivity contribution in [3.63, 3.8) is 0 Å². The number of methoxy groups -OCH3 is 1. The molecule has 0 heterocycles. The van der Waals surface area contributed by atoms with Gasteiger partial charge in [0.25, 0.3) is 0 Å². The van der Waals surface area contributed by atoms with Crippen LogP contribution in [-0.2, 0) is 14.3 Å². The SMILES string of the molecule is COCCOC(=O)[C@@H]1C=C[C@H](N)C1. The topological polar surface area (TPSA) is 61.5 Å². The molecule has 74 valence electrons. The smallest absolute Gasteiger partial charge is 0.312 e. The number of hydrogen-bond donors (Lipinski definition) is 1. The average Bonchev–Trinajstić information content (AvgIpc) is 2.52. The van der Waals surface area contributed by atoms with Crippen LogP contribution in [0.2, 0.25) is 0 Å². The van der Waals surface area contributed by atoms with Crippen molar-refractivity contribution in [2.75, 3.05) is 20.3 Å². The zero-order chi connectivity index (χ0) is 9.68. The third-order valence-electron chi connectivity index (χ3n) is 1.95. The fourth-order valence-corrected chi connectivity index (χ4v) is 1.23. The van der Waals surface area contributed by atoms with Crippen molar-refractivity contribution in [1.82, 2.24) is 0 Å². The summed E-state index contributed by atoms with van der Waals surface area (Å²) in [4.78, 5) is 11.3. The first-order valence-electron chi connectivity index (χ1n) is 4.33. The van der Waals surface area contributed by atoms with Crippen LogP contribution in [0.1, 0.15) is 6.42 Å². The molecule has 0 aromatic heterocycles. The van der Waals surface area contributed by atoms with E-state index in [1.807, 2.05) is 6.08 Å². The van der Waals surface area contributed by atoms with Gasteiger partial charge in [-0.25, -0.2) is 0 Å². The molecule has 4 heteroatoms. The van der Waals surface area contributed by atoms with Crippen molar-refractivity contribution in [3.8, 4) is 0 Å². The maximum Gasteiger partial charge on any atom is 0.312 e. The number of nitrogens with two attached hydrogens (primary N) is 1. The molecule has 0 saturated carbocycles. The van der Waals surface area contributed by atoms with Crippen LogP contribution in [-0.4, -0.2) is 32.3 Å². The monoisotopic (exact) mass is 185 g/mol. The summed E-state index contributed by atoms with van der Waals surface area (Å²) in [6.07, 6.45) is 4.30. The molecule has 2 N–H and O–H groups in total. The molecule has 0 aromatic rings. The van der Waals surface area contributed by atoms with E-state index in [1.165, 1.54) is 0 Å². The Labute approximate surface area is 77.7 Å². The van der Waals surface area contributed by atoms with Crippen molar-refractivity contribution in [2.24, 2.45) is 11.7 Å². The lowest BCUT2D eigenvalue weighted by Gasteiger charge is -2.08. The lowest BCUT2D eigenvalue weighted by atomic mass is 10.1. The minimum atomic E-state index is -0.207. The Balaban J connectivity index is 2.21. The van der Waals surface area contributed by atoms with E-state index in [0.29, 0.717) is 19.6 Å². The Bertz CT molecular complexity index is 203. The second-order valence-electron chi connectivity index (χ2n) is 3.05. The third kappa shape index (κ3) is 3.16. The van der Waals surface area contributed by atoms with Gasteiger partial charge in [-0.1, -0.05) is 12.2 Å². The highest BCUT2D eigenvalue weighted by atomic mass is 16.6. The molecule has 2 atom stereocenters. The van der Waals surface area contributed by atoms with Crippen LogP contribution in [0.25, 0.3) is 0 Å². The number of rotatable bonds is 4. The second kappa shape index (κ2) is 4.99. The van der Waals surface area contributed by atoms with Crippen LogP contribution in [0.5, 0.6) is 0 Å². The molecule has 4 nitrogen and oxygen atoms in total. The minimum Gasteiger partial charge on any atom is -0.463 e. The molecule has 0 radical (unpaired) electrons. The summed E-state index contributed by atoms with van der Waals surface area (Å²) >= 11 is 0. The Kier molecular flexibility index (Phi) is 3.92. The van der Waals surface area contributed by atoms with Crippen molar-refractivity contribution >= 4 is 5.97 Å². The Hall–Kier alpha value is -0.870. The van der Waals surface area contributed by atoms with Gasteiger partial charge in [-0.3, -0.25) is 4.79 Å². The fourth-order valence-electron chi connectivity index (χ4n) is 1.23. The van der Waals surface area contributed by atoms with Gasteiger partial charge in [-0.05, 0) is 6.42 Å².